The minimum atomic E-state index is -0.140. The predicted molar refractivity (Wildman–Crippen MR) is 60.2 cm³/mol. The topological polar surface area (TPSA) is 20.2 Å². The van der Waals surface area contributed by atoms with Crippen LogP contribution < -0.4 is 0 Å². The van der Waals surface area contributed by atoms with E-state index in [1.807, 2.05) is 6.07 Å². The number of benzene rings is 1. The van der Waals surface area contributed by atoms with Gasteiger partial charge in [0.25, 0.3) is 0 Å². The molecule has 0 amide bonds. The van der Waals surface area contributed by atoms with E-state index in [-0.39, 0.29) is 6.10 Å². The summed E-state index contributed by atoms with van der Waals surface area (Å²) in [7, 11) is 0. The zero-order chi connectivity index (χ0) is 10.4. The van der Waals surface area contributed by atoms with Crippen molar-refractivity contribution in [3.8, 4) is 0 Å². The van der Waals surface area contributed by atoms with Crippen molar-refractivity contribution in [1.82, 2.24) is 0 Å². The molecule has 0 bridgehead atoms. The van der Waals surface area contributed by atoms with E-state index in [1.54, 1.807) is 0 Å². The molecular formula is C13H20O. The van der Waals surface area contributed by atoms with Gasteiger partial charge in [0.2, 0.25) is 0 Å². The summed E-state index contributed by atoms with van der Waals surface area (Å²) in [6.07, 6.45) is 2.92. The fraction of sp³-hybridized carbons (Fsp3) is 0.538. The number of hydrogen-bond acceptors (Lipinski definition) is 1. The molecule has 1 unspecified atom stereocenters. The van der Waals surface area contributed by atoms with Crippen LogP contribution in [0, 0.1) is 5.92 Å². The Labute approximate surface area is 86.8 Å². The van der Waals surface area contributed by atoms with Crippen LogP contribution in [0.2, 0.25) is 0 Å². The van der Waals surface area contributed by atoms with E-state index in [9.17, 15) is 5.11 Å². The zero-order valence-electron chi connectivity index (χ0n) is 9.11. The fourth-order valence-corrected chi connectivity index (χ4v) is 1.49. The van der Waals surface area contributed by atoms with Crippen LogP contribution in [0.3, 0.4) is 0 Å². The Hall–Kier alpha value is -0.820. The van der Waals surface area contributed by atoms with Gasteiger partial charge < -0.3 is 5.11 Å². The largest absolute Gasteiger partial charge is 0.393 e. The van der Waals surface area contributed by atoms with Crippen molar-refractivity contribution in [3.05, 3.63) is 35.9 Å². The molecule has 0 radical (unpaired) electrons. The lowest BCUT2D eigenvalue weighted by atomic mass is 9.99. The molecule has 0 heterocycles. The molecule has 1 heteroatoms. The van der Waals surface area contributed by atoms with Gasteiger partial charge in [-0.3, -0.25) is 0 Å². The highest BCUT2D eigenvalue weighted by atomic mass is 16.3. The van der Waals surface area contributed by atoms with Crippen LogP contribution >= 0.6 is 0 Å². The normalized spacial score (nSPS) is 13.1. The summed E-state index contributed by atoms with van der Waals surface area (Å²) in [4.78, 5) is 0. The molecule has 0 saturated heterocycles. The number of aryl methyl sites for hydroxylation is 1. The molecule has 1 atom stereocenters. The van der Waals surface area contributed by atoms with Gasteiger partial charge >= 0.3 is 0 Å². The van der Waals surface area contributed by atoms with E-state index in [0.29, 0.717) is 5.92 Å². The first-order chi connectivity index (χ1) is 6.70. The van der Waals surface area contributed by atoms with Crippen molar-refractivity contribution in [3.63, 3.8) is 0 Å². The minimum Gasteiger partial charge on any atom is -0.393 e. The van der Waals surface area contributed by atoms with Crippen LogP contribution in [-0.2, 0) is 6.42 Å². The molecule has 78 valence electrons. The summed E-state index contributed by atoms with van der Waals surface area (Å²) in [6, 6.07) is 10.4. The van der Waals surface area contributed by atoms with Crippen molar-refractivity contribution in [2.45, 2.75) is 39.2 Å². The first kappa shape index (κ1) is 11.3. The highest BCUT2D eigenvalue weighted by molar-refractivity contribution is 5.14. The lowest BCUT2D eigenvalue weighted by Crippen LogP contribution is -2.14. The summed E-state index contributed by atoms with van der Waals surface area (Å²) in [6.45, 7) is 4.13. The van der Waals surface area contributed by atoms with Crippen LogP contribution in [0.1, 0.15) is 32.3 Å². The fourth-order valence-electron chi connectivity index (χ4n) is 1.49. The number of aliphatic hydroxyl groups excluding tert-OH is 1. The summed E-state index contributed by atoms with van der Waals surface area (Å²) in [5, 5.41) is 9.60. The quantitative estimate of drug-likeness (QED) is 0.760. The second-order valence-corrected chi connectivity index (χ2v) is 4.19. The van der Waals surface area contributed by atoms with E-state index >= 15 is 0 Å². The van der Waals surface area contributed by atoms with Crippen LogP contribution in [0.4, 0.5) is 0 Å². The Morgan fingerprint density at radius 3 is 2.36 bits per heavy atom. The zero-order valence-corrected chi connectivity index (χ0v) is 9.11. The lowest BCUT2D eigenvalue weighted by Gasteiger charge is -2.13. The second kappa shape index (κ2) is 5.82. The van der Waals surface area contributed by atoms with Crippen LogP contribution in [0.5, 0.6) is 0 Å². The van der Waals surface area contributed by atoms with Crippen molar-refractivity contribution < 1.29 is 5.11 Å². The molecule has 0 aliphatic carbocycles. The van der Waals surface area contributed by atoms with Gasteiger partial charge in [-0.05, 0) is 30.7 Å². The standard InChI is InChI=1S/C13H20O/c1-11(2)13(14)10-6-9-12-7-4-3-5-8-12/h3-5,7-8,11,13-14H,6,9-10H2,1-2H3. The molecule has 0 saturated carbocycles. The van der Waals surface area contributed by atoms with Crippen LogP contribution in [-0.4, -0.2) is 11.2 Å². The number of aliphatic hydroxyl groups is 1. The molecule has 0 aliphatic rings. The molecule has 1 aromatic carbocycles. The second-order valence-electron chi connectivity index (χ2n) is 4.19. The van der Waals surface area contributed by atoms with E-state index < -0.39 is 0 Å². The molecule has 0 fully saturated rings. The molecule has 1 rings (SSSR count). The Kier molecular flexibility index (Phi) is 4.68. The monoisotopic (exact) mass is 192 g/mol. The first-order valence-corrected chi connectivity index (χ1v) is 5.42. The van der Waals surface area contributed by atoms with E-state index in [4.69, 9.17) is 0 Å². The van der Waals surface area contributed by atoms with Gasteiger partial charge in [0.05, 0.1) is 6.10 Å². The van der Waals surface area contributed by atoms with Gasteiger partial charge in [0.15, 0.2) is 0 Å². The van der Waals surface area contributed by atoms with Crippen molar-refractivity contribution in [1.29, 1.82) is 0 Å². The summed E-state index contributed by atoms with van der Waals surface area (Å²) in [5.41, 5.74) is 1.36. The van der Waals surface area contributed by atoms with E-state index in [2.05, 4.69) is 38.1 Å². The molecule has 1 nitrogen and oxygen atoms in total. The van der Waals surface area contributed by atoms with E-state index in [0.717, 1.165) is 19.3 Å². The van der Waals surface area contributed by atoms with Crippen LogP contribution in [0.25, 0.3) is 0 Å². The lowest BCUT2D eigenvalue weighted by molar-refractivity contribution is 0.114. The minimum absolute atomic E-state index is 0.140. The summed E-state index contributed by atoms with van der Waals surface area (Å²) >= 11 is 0. The third-order valence-corrected chi connectivity index (χ3v) is 2.58. The highest BCUT2D eigenvalue weighted by Crippen LogP contribution is 2.11. The maximum atomic E-state index is 9.60. The molecule has 14 heavy (non-hydrogen) atoms. The predicted octanol–water partition coefficient (Wildman–Crippen LogP) is 3.03. The van der Waals surface area contributed by atoms with Gasteiger partial charge in [0, 0.05) is 0 Å². The van der Waals surface area contributed by atoms with E-state index in [1.165, 1.54) is 5.56 Å². The van der Waals surface area contributed by atoms with Gasteiger partial charge in [0.1, 0.15) is 0 Å². The summed E-state index contributed by atoms with van der Waals surface area (Å²) < 4.78 is 0. The third kappa shape index (κ3) is 3.93. The summed E-state index contributed by atoms with van der Waals surface area (Å²) in [5.74, 6) is 0.380. The Morgan fingerprint density at radius 2 is 1.79 bits per heavy atom. The molecule has 1 aromatic rings. The van der Waals surface area contributed by atoms with Crippen molar-refractivity contribution in [2.24, 2.45) is 5.92 Å². The Balaban J connectivity index is 2.22. The average Bonchev–Trinajstić information content (AvgIpc) is 2.19. The van der Waals surface area contributed by atoms with Crippen LogP contribution in [0.15, 0.2) is 30.3 Å². The van der Waals surface area contributed by atoms with Gasteiger partial charge in [-0.25, -0.2) is 0 Å². The smallest absolute Gasteiger partial charge is 0.0563 e. The van der Waals surface area contributed by atoms with Gasteiger partial charge in [-0.2, -0.15) is 0 Å². The van der Waals surface area contributed by atoms with Gasteiger partial charge in [-0.1, -0.05) is 44.2 Å². The third-order valence-electron chi connectivity index (χ3n) is 2.58. The van der Waals surface area contributed by atoms with Crippen molar-refractivity contribution in [2.75, 3.05) is 0 Å². The molecule has 0 aliphatic heterocycles. The highest BCUT2D eigenvalue weighted by Gasteiger charge is 2.07. The maximum Gasteiger partial charge on any atom is 0.0563 e. The Morgan fingerprint density at radius 1 is 1.14 bits per heavy atom. The number of hydrogen-bond donors (Lipinski definition) is 1. The SMILES string of the molecule is CC(C)C(O)CCCc1ccccc1. The Bertz CT molecular complexity index is 241. The molecule has 0 spiro atoms. The molecule has 0 aromatic heterocycles. The molecular weight excluding hydrogens is 172 g/mol. The van der Waals surface area contributed by atoms with Crippen molar-refractivity contribution >= 4 is 0 Å². The van der Waals surface area contributed by atoms with Gasteiger partial charge in [-0.15, -0.1) is 0 Å². The first-order valence-electron chi connectivity index (χ1n) is 5.42. The average molecular weight is 192 g/mol. The molecule has 1 N–H and O–H groups in total. The maximum absolute atomic E-state index is 9.60. The number of rotatable bonds is 5.